The summed E-state index contributed by atoms with van der Waals surface area (Å²) in [7, 11) is 0. The average Bonchev–Trinajstić information content (AvgIpc) is 3.48. The fraction of sp³-hybridized carbons (Fsp3) is 0.500. The van der Waals surface area contributed by atoms with Crippen LogP contribution < -0.4 is 16.4 Å². The van der Waals surface area contributed by atoms with Crippen molar-refractivity contribution >= 4 is 35.2 Å². The van der Waals surface area contributed by atoms with E-state index in [1.807, 2.05) is 43.0 Å². The van der Waals surface area contributed by atoms with Gasteiger partial charge in [-0.25, -0.2) is 13.2 Å². The zero-order chi connectivity index (χ0) is 31.1. The Morgan fingerprint density at radius 2 is 1.70 bits per heavy atom. The molecule has 13 heteroatoms. The summed E-state index contributed by atoms with van der Waals surface area (Å²) in [6.45, 7) is 6.82. The summed E-state index contributed by atoms with van der Waals surface area (Å²) in [5.41, 5.74) is 7.55. The summed E-state index contributed by atoms with van der Waals surface area (Å²) in [6.07, 6.45) is -0.334. The third-order valence-corrected chi connectivity index (χ3v) is 8.64. The number of benzene rings is 2. The standard InChI is InChI=1S/C30H38F3N5O4S/c1-18(2)27(29(41)37-7-10-42-11-8-37)36-22-5-3-19(4-6-22)17-35-28(40)30-38(9-12-43-30)26(39)15-21(34)13-20-14-24(32)25(33)16-23(20)31/h3-6,14,16,18,21,27,30,36H,7-13,15,17,34H2,1-2H3,(H,35,40)/t21-,27?,30+/m1/s1. The van der Waals surface area contributed by atoms with Crippen LogP contribution in [0.15, 0.2) is 36.4 Å². The second-order valence-corrected chi connectivity index (χ2v) is 12.2. The monoisotopic (exact) mass is 621 g/mol. The number of nitrogens with two attached hydrogens (primary N) is 1. The second kappa shape index (κ2) is 14.9. The molecule has 43 heavy (non-hydrogen) atoms. The van der Waals surface area contributed by atoms with Gasteiger partial charge in [-0.3, -0.25) is 14.4 Å². The lowest BCUT2D eigenvalue weighted by atomic mass is 10.0. The smallest absolute Gasteiger partial charge is 0.253 e. The van der Waals surface area contributed by atoms with Crippen LogP contribution in [0.3, 0.4) is 0 Å². The van der Waals surface area contributed by atoms with Gasteiger partial charge in [0.15, 0.2) is 17.0 Å². The summed E-state index contributed by atoms with van der Waals surface area (Å²) >= 11 is 1.33. The number of hydrogen-bond donors (Lipinski definition) is 3. The van der Waals surface area contributed by atoms with Crippen LogP contribution in [0.25, 0.3) is 0 Å². The molecule has 0 aliphatic carbocycles. The number of ether oxygens (including phenoxy) is 1. The Labute approximate surface area is 253 Å². The summed E-state index contributed by atoms with van der Waals surface area (Å²) in [6, 6.07) is 7.43. The maximum Gasteiger partial charge on any atom is 0.253 e. The van der Waals surface area contributed by atoms with E-state index in [4.69, 9.17) is 10.5 Å². The highest BCUT2D eigenvalue weighted by atomic mass is 32.2. The SMILES string of the molecule is CC(C)C(Nc1ccc(CNC(=O)[C@@H]2SCCN2C(=O)C[C@H](N)Cc2cc(F)c(F)cc2F)cc1)C(=O)N1CCOCC1. The van der Waals surface area contributed by atoms with Crippen LogP contribution in [0.2, 0.25) is 0 Å². The number of carbonyl (C=O) groups is 3. The lowest BCUT2D eigenvalue weighted by Crippen LogP contribution is -2.49. The number of nitrogens with one attached hydrogen (secondary N) is 2. The van der Waals surface area contributed by atoms with Gasteiger partial charge in [-0.05, 0) is 41.7 Å². The first-order chi connectivity index (χ1) is 20.5. The van der Waals surface area contributed by atoms with Gasteiger partial charge in [0.1, 0.15) is 11.9 Å². The Morgan fingerprint density at radius 3 is 2.37 bits per heavy atom. The molecule has 1 unspecified atom stereocenters. The third-order valence-electron chi connectivity index (χ3n) is 7.44. The quantitative estimate of drug-likeness (QED) is 0.331. The first-order valence-corrected chi connectivity index (χ1v) is 15.4. The molecule has 3 amide bonds. The van der Waals surface area contributed by atoms with Crippen LogP contribution in [-0.4, -0.2) is 83.6 Å². The van der Waals surface area contributed by atoms with Gasteiger partial charge in [-0.1, -0.05) is 26.0 Å². The molecule has 0 spiro atoms. The average molecular weight is 622 g/mol. The number of carbonyl (C=O) groups excluding carboxylic acids is 3. The van der Waals surface area contributed by atoms with Crippen LogP contribution in [0.4, 0.5) is 18.9 Å². The van der Waals surface area contributed by atoms with E-state index in [1.165, 1.54) is 16.7 Å². The van der Waals surface area contributed by atoms with Gasteiger partial charge in [0.2, 0.25) is 11.8 Å². The molecule has 2 aromatic rings. The number of morpholine rings is 1. The maximum absolute atomic E-state index is 14.0. The molecule has 2 fully saturated rings. The van der Waals surface area contributed by atoms with Crippen molar-refractivity contribution in [3.63, 3.8) is 0 Å². The minimum absolute atomic E-state index is 0.0419. The predicted molar refractivity (Wildman–Crippen MR) is 159 cm³/mol. The van der Waals surface area contributed by atoms with Gasteiger partial charge >= 0.3 is 0 Å². The van der Waals surface area contributed by atoms with Crippen LogP contribution in [0.5, 0.6) is 0 Å². The Morgan fingerprint density at radius 1 is 1.02 bits per heavy atom. The predicted octanol–water partition coefficient (Wildman–Crippen LogP) is 2.88. The lowest BCUT2D eigenvalue weighted by Gasteiger charge is -2.32. The Hall–Kier alpha value is -3.29. The van der Waals surface area contributed by atoms with E-state index in [2.05, 4.69) is 10.6 Å². The van der Waals surface area contributed by atoms with Gasteiger partial charge in [0.05, 0.1) is 13.2 Å². The van der Waals surface area contributed by atoms with Crippen molar-refractivity contribution in [1.29, 1.82) is 0 Å². The van der Waals surface area contributed by atoms with Crippen molar-refractivity contribution in [3.05, 3.63) is 65.0 Å². The van der Waals surface area contributed by atoms with Crippen LogP contribution in [-0.2, 0) is 32.1 Å². The third kappa shape index (κ3) is 8.64. The fourth-order valence-corrected chi connectivity index (χ4v) is 6.19. The zero-order valence-electron chi connectivity index (χ0n) is 24.3. The van der Waals surface area contributed by atoms with Gasteiger partial charge in [-0.15, -0.1) is 11.8 Å². The molecule has 4 N–H and O–H groups in total. The number of anilines is 1. The molecule has 2 aliphatic heterocycles. The van der Waals surface area contributed by atoms with E-state index in [1.54, 1.807) is 0 Å². The van der Waals surface area contributed by atoms with E-state index in [0.29, 0.717) is 44.7 Å². The topological polar surface area (TPSA) is 117 Å². The van der Waals surface area contributed by atoms with Crippen LogP contribution in [0, 0.1) is 23.4 Å². The summed E-state index contributed by atoms with van der Waals surface area (Å²) in [5, 5.41) is 5.47. The second-order valence-electron chi connectivity index (χ2n) is 11.1. The molecule has 2 heterocycles. The van der Waals surface area contributed by atoms with Crippen LogP contribution in [0.1, 0.15) is 31.4 Å². The van der Waals surface area contributed by atoms with Crippen molar-refractivity contribution < 1.29 is 32.3 Å². The summed E-state index contributed by atoms with van der Waals surface area (Å²) in [4.78, 5) is 42.2. The molecule has 2 aromatic carbocycles. The van der Waals surface area contributed by atoms with Crippen molar-refractivity contribution in [2.24, 2.45) is 11.7 Å². The number of amides is 3. The van der Waals surface area contributed by atoms with Crippen molar-refractivity contribution in [2.45, 2.75) is 50.7 Å². The summed E-state index contributed by atoms with van der Waals surface area (Å²) in [5.74, 6) is -3.43. The Balaban J connectivity index is 1.27. The van der Waals surface area contributed by atoms with Gasteiger partial charge < -0.3 is 30.9 Å². The number of hydrogen-bond acceptors (Lipinski definition) is 7. The molecule has 0 saturated carbocycles. The van der Waals surface area contributed by atoms with E-state index in [0.717, 1.165) is 17.3 Å². The molecule has 3 atom stereocenters. The molecule has 2 aliphatic rings. The first-order valence-electron chi connectivity index (χ1n) is 14.3. The van der Waals surface area contributed by atoms with Crippen molar-refractivity contribution in [2.75, 3.05) is 43.9 Å². The molecular weight excluding hydrogens is 583 g/mol. The van der Waals surface area contributed by atoms with Crippen molar-refractivity contribution in [1.82, 2.24) is 15.1 Å². The highest BCUT2D eigenvalue weighted by molar-refractivity contribution is 8.00. The van der Waals surface area contributed by atoms with Gasteiger partial charge in [0, 0.05) is 56.1 Å². The molecule has 9 nitrogen and oxygen atoms in total. The molecular formula is C30H38F3N5O4S. The van der Waals surface area contributed by atoms with Crippen molar-refractivity contribution in [3.8, 4) is 0 Å². The Bertz CT molecular complexity index is 1290. The van der Waals surface area contributed by atoms with E-state index >= 15 is 0 Å². The summed E-state index contributed by atoms with van der Waals surface area (Å²) < 4.78 is 46.1. The minimum Gasteiger partial charge on any atom is -0.378 e. The number of thioether (sulfide) groups is 1. The lowest BCUT2D eigenvalue weighted by molar-refractivity contribution is -0.137. The zero-order valence-corrected chi connectivity index (χ0v) is 25.1. The Kier molecular flexibility index (Phi) is 11.3. The minimum atomic E-state index is -1.29. The molecule has 0 aromatic heterocycles. The highest BCUT2D eigenvalue weighted by Crippen LogP contribution is 2.26. The maximum atomic E-state index is 14.0. The largest absolute Gasteiger partial charge is 0.378 e. The van der Waals surface area contributed by atoms with E-state index < -0.39 is 28.9 Å². The van der Waals surface area contributed by atoms with Crippen LogP contribution >= 0.6 is 11.8 Å². The highest BCUT2D eigenvalue weighted by Gasteiger charge is 2.35. The van der Waals surface area contributed by atoms with Gasteiger partial charge in [0.25, 0.3) is 5.91 Å². The molecule has 4 rings (SSSR count). The molecule has 234 valence electrons. The number of halogens is 3. The fourth-order valence-electron chi connectivity index (χ4n) is 5.03. The normalized spacial score (nSPS) is 18.4. The number of rotatable bonds is 11. The molecule has 0 bridgehead atoms. The molecule has 2 saturated heterocycles. The first kappa shape index (κ1) is 32.6. The number of nitrogens with zero attached hydrogens (tertiary/aromatic N) is 2. The van der Waals surface area contributed by atoms with E-state index in [-0.39, 0.29) is 54.6 Å². The van der Waals surface area contributed by atoms with E-state index in [9.17, 15) is 27.6 Å². The molecule has 0 radical (unpaired) electrons. The van der Waals surface area contributed by atoms with Gasteiger partial charge in [-0.2, -0.15) is 0 Å².